The molecule has 0 radical (unpaired) electrons. The van der Waals surface area contributed by atoms with Gasteiger partial charge in [-0.05, 0) is 42.3 Å². The Hall–Kier alpha value is -2.96. The Balaban J connectivity index is 0.000000282. The van der Waals surface area contributed by atoms with Gasteiger partial charge in [0.2, 0.25) is 0 Å². The van der Waals surface area contributed by atoms with E-state index < -0.39 is 0 Å². The number of amides is 1. The number of nitrogens with one attached hydrogen (secondary N) is 1. The Morgan fingerprint density at radius 3 is 2.39 bits per heavy atom. The molecule has 5 rings (SSSR count). The van der Waals surface area contributed by atoms with E-state index in [-0.39, 0.29) is 11.7 Å². The number of hydrogen-bond acceptors (Lipinski definition) is 3. The highest BCUT2D eigenvalue weighted by Gasteiger charge is 2.24. The average molecular weight is 436 g/mol. The van der Waals surface area contributed by atoms with Crippen molar-refractivity contribution >= 4 is 28.1 Å². The fraction of sp³-hybridized carbons (Fsp3) is 0.240. The summed E-state index contributed by atoms with van der Waals surface area (Å²) in [7, 11) is 0. The summed E-state index contributed by atoms with van der Waals surface area (Å²) in [5.41, 5.74) is 2.95. The van der Waals surface area contributed by atoms with Crippen molar-refractivity contribution in [3.05, 3.63) is 83.6 Å². The molecule has 1 aliphatic heterocycles. The molecular weight excluding hydrogens is 409 g/mol. The van der Waals surface area contributed by atoms with Crippen LogP contribution in [0.5, 0.6) is 0 Å². The van der Waals surface area contributed by atoms with Crippen molar-refractivity contribution in [3.8, 4) is 10.4 Å². The highest BCUT2D eigenvalue weighted by atomic mass is 32.1. The van der Waals surface area contributed by atoms with Gasteiger partial charge in [0.25, 0.3) is 5.91 Å². The van der Waals surface area contributed by atoms with Gasteiger partial charge in [-0.25, -0.2) is 4.39 Å². The highest BCUT2D eigenvalue weighted by molar-refractivity contribution is 7.13. The lowest BCUT2D eigenvalue weighted by atomic mass is 10.0. The molecule has 0 atom stereocenters. The van der Waals surface area contributed by atoms with Crippen LogP contribution < -0.4 is 0 Å². The van der Waals surface area contributed by atoms with Gasteiger partial charge in [-0.1, -0.05) is 37.3 Å². The maximum atomic E-state index is 13.1. The van der Waals surface area contributed by atoms with Crippen molar-refractivity contribution in [2.45, 2.75) is 6.92 Å². The first-order valence-corrected chi connectivity index (χ1v) is 11.4. The number of fused-ring (bicyclic) bond motifs is 1. The largest absolute Gasteiger partial charge is 0.360 e. The first-order chi connectivity index (χ1) is 15.2. The zero-order valence-electron chi connectivity index (χ0n) is 17.6. The van der Waals surface area contributed by atoms with E-state index in [0.717, 1.165) is 54.8 Å². The molecule has 0 bridgehead atoms. The minimum atomic E-state index is -0.178. The topological polar surface area (TPSA) is 39.3 Å². The molecule has 4 nitrogen and oxygen atoms in total. The Morgan fingerprint density at radius 2 is 1.77 bits per heavy atom. The highest BCUT2D eigenvalue weighted by Crippen LogP contribution is 2.34. The Bertz CT molecular complexity index is 1120. The van der Waals surface area contributed by atoms with Crippen LogP contribution >= 0.6 is 11.3 Å². The number of carbonyl (C=O) groups is 1. The molecule has 0 aliphatic carbocycles. The Kier molecular flexibility index (Phi) is 6.79. The molecule has 0 spiro atoms. The van der Waals surface area contributed by atoms with Crippen LogP contribution in [0.25, 0.3) is 21.3 Å². The van der Waals surface area contributed by atoms with Gasteiger partial charge in [-0.3, -0.25) is 4.79 Å². The van der Waals surface area contributed by atoms with Gasteiger partial charge in [0.05, 0.1) is 0 Å². The predicted molar refractivity (Wildman–Crippen MR) is 126 cm³/mol. The van der Waals surface area contributed by atoms with Crippen LogP contribution in [0.4, 0.5) is 4.39 Å². The average Bonchev–Trinajstić information content (AvgIpc) is 3.49. The molecule has 2 aromatic heterocycles. The third kappa shape index (κ3) is 4.86. The summed E-state index contributed by atoms with van der Waals surface area (Å²) < 4.78 is 11.9. The lowest BCUT2D eigenvalue weighted by Gasteiger charge is -2.34. The second-order valence-corrected chi connectivity index (χ2v) is 8.38. The van der Waals surface area contributed by atoms with E-state index in [4.69, 9.17) is 0 Å². The number of aromatic amines is 1. The standard InChI is InChI=1S/C19H21N3OS.C6H5F/c1-2-21-8-10-22(11-9-21)19(23)14-5-3-6-16-18(14)15(13-20-16)17-7-4-12-24-17;7-6-4-2-1-3-5-6/h3-7,12-13,20H,2,8-11H2,1H3;1-5H. The lowest BCUT2D eigenvalue weighted by molar-refractivity contribution is 0.0645. The van der Waals surface area contributed by atoms with E-state index in [1.807, 2.05) is 35.4 Å². The van der Waals surface area contributed by atoms with Gasteiger partial charge < -0.3 is 14.8 Å². The molecule has 6 heteroatoms. The summed E-state index contributed by atoms with van der Waals surface area (Å²) in [4.78, 5) is 22.0. The number of benzene rings is 2. The second-order valence-electron chi connectivity index (χ2n) is 7.43. The van der Waals surface area contributed by atoms with Crippen LogP contribution in [0, 0.1) is 5.82 Å². The maximum absolute atomic E-state index is 13.1. The summed E-state index contributed by atoms with van der Waals surface area (Å²) in [6, 6.07) is 18.1. The van der Waals surface area contributed by atoms with Gasteiger partial charge in [0, 0.05) is 59.3 Å². The lowest BCUT2D eigenvalue weighted by Crippen LogP contribution is -2.48. The number of thiophene rings is 1. The number of H-pyrrole nitrogens is 1. The van der Waals surface area contributed by atoms with E-state index in [0.29, 0.717) is 0 Å². The number of aromatic nitrogens is 1. The molecule has 1 aliphatic rings. The summed E-state index contributed by atoms with van der Waals surface area (Å²) in [5, 5.41) is 3.12. The van der Waals surface area contributed by atoms with Gasteiger partial charge in [-0.15, -0.1) is 11.3 Å². The van der Waals surface area contributed by atoms with Crippen molar-refractivity contribution in [1.82, 2.24) is 14.8 Å². The predicted octanol–water partition coefficient (Wildman–Crippen LogP) is 5.50. The fourth-order valence-corrected chi connectivity index (χ4v) is 4.59. The molecule has 1 fully saturated rings. The SMILES string of the molecule is CCN1CCN(C(=O)c2cccc3[nH]cc(-c4cccs4)c23)CC1.Fc1ccccc1. The molecule has 1 N–H and O–H groups in total. The smallest absolute Gasteiger partial charge is 0.254 e. The molecular formula is C25H26FN3OS. The van der Waals surface area contributed by atoms with Crippen molar-refractivity contribution in [2.24, 2.45) is 0 Å². The van der Waals surface area contributed by atoms with Gasteiger partial charge in [0.15, 0.2) is 0 Å². The molecule has 2 aromatic carbocycles. The van der Waals surface area contributed by atoms with Crippen molar-refractivity contribution < 1.29 is 9.18 Å². The molecule has 160 valence electrons. The van der Waals surface area contributed by atoms with E-state index in [9.17, 15) is 9.18 Å². The molecule has 31 heavy (non-hydrogen) atoms. The zero-order chi connectivity index (χ0) is 21.6. The van der Waals surface area contributed by atoms with Crippen LogP contribution in [-0.2, 0) is 0 Å². The first-order valence-electron chi connectivity index (χ1n) is 10.5. The van der Waals surface area contributed by atoms with Crippen molar-refractivity contribution in [1.29, 1.82) is 0 Å². The third-order valence-electron chi connectivity index (χ3n) is 5.56. The van der Waals surface area contributed by atoms with Crippen LogP contribution in [0.2, 0.25) is 0 Å². The van der Waals surface area contributed by atoms with E-state index in [1.165, 1.54) is 17.0 Å². The van der Waals surface area contributed by atoms with E-state index in [2.05, 4.69) is 28.3 Å². The zero-order valence-corrected chi connectivity index (χ0v) is 18.4. The van der Waals surface area contributed by atoms with Crippen LogP contribution in [0.3, 0.4) is 0 Å². The van der Waals surface area contributed by atoms with Crippen LogP contribution in [0.15, 0.2) is 72.2 Å². The minimum Gasteiger partial charge on any atom is -0.360 e. The molecule has 4 aromatic rings. The summed E-state index contributed by atoms with van der Waals surface area (Å²) in [5.74, 6) is -0.0312. The summed E-state index contributed by atoms with van der Waals surface area (Å²) >= 11 is 1.70. The van der Waals surface area contributed by atoms with Gasteiger partial charge in [-0.2, -0.15) is 0 Å². The first kappa shape index (κ1) is 21.3. The number of piperazine rings is 1. The number of nitrogens with zero attached hydrogens (tertiary/aromatic N) is 2. The fourth-order valence-electron chi connectivity index (χ4n) is 3.84. The van der Waals surface area contributed by atoms with Crippen LogP contribution in [0.1, 0.15) is 17.3 Å². The third-order valence-corrected chi connectivity index (χ3v) is 6.47. The molecule has 0 saturated carbocycles. The van der Waals surface area contributed by atoms with Crippen LogP contribution in [-0.4, -0.2) is 53.4 Å². The number of rotatable bonds is 3. The Morgan fingerprint density at radius 1 is 1.00 bits per heavy atom. The van der Waals surface area contributed by atoms with Gasteiger partial charge in [0.1, 0.15) is 5.82 Å². The monoisotopic (exact) mass is 435 g/mol. The molecule has 0 unspecified atom stereocenters. The van der Waals surface area contributed by atoms with Crippen molar-refractivity contribution in [3.63, 3.8) is 0 Å². The second kappa shape index (κ2) is 9.90. The summed E-state index contributed by atoms with van der Waals surface area (Å²) in [6.07, 6.45) is 2.02. The van der Waals surface area contributed by atoms with E-state index in [1.54, 1.807) is 29.5 Å². The summed E-state index contributed by atoms with van der Waals surface area (Å²) in [6.45, 7) is 6.76. The minimum absolute atomic E-state index is 0.147. The maximum Gasteiger partial charge on any atom is 0.254 e. The molecule has 1 saturated heterocycles. The Labute approximate surface area is 185 Å². The van der Waals surface area contributed by atoms with Gasteiger partial charge >= 0.3 is 0 Å². The number of carbonyl (C=O) groups excluding carboxylic acids is 1. The van der Waals surface area contributed by atoms with Crippen molar-refractivity contribution in [2.75, 3.05) is 32.7 Å². The molecule has 3 heterocycles. The number of halogens is 1. The number of hydrogen-bond donors (Lipinski definition) is 1. The normalized spacial score (nSPS) is 14.3. The van der Waals surface area contributed by atoms with E-state index >= 15 is 0 Å². The molecule has 1 amide bonds. The number of likely N-dealkylation sites (N-methyl/N-ethyl adjacent to an activating group) is 1. The quantitative estimate of drug-likeness (QED) is 0.462.